The molecule has 18 heavy (non-hydrogen) atoms. The van der Waals surface area contributed by atoms with Gasteiger partial charge in [0, 0.05) is 19.0 Å². The number of amides is 1. The van der Waals surface area contributed by atoms with Gasteiger partial charge in [0.2, 0.25) is 5.91 Å². The minimum Gasteiger partial charge on any atom is -0.342 e. The van der Waals surface area contributed by atoms with Gasteiger partial charge in [-0.2, -0.15) is 0 Å². The van der Waals surface area contributed by atoms with Gasteiger partial charge in [-0.05, 0) is 30.4 Å². The van der Waals surface area contributed by atoms with E-state index >= 15 is 0 Å². The van der Waals surface area contributed by atoms with Crippen LogP contribution in [0, 0.1) is 11.7 Å². The first-order valence-corrected chi connectivity index (χ1v) is 6.81. The number of halogens is 2. The Labute approximate surface area is 112 Å². The van der Waals surface area contributed by atoms with E-state index in [1.807, 2.05) is 4.90 Å². The number of piperidine rings is 1. The second kappa shape index (κ2) is 6.19. The molecule has 0 radical (unpaired) electrons. The fraction of sp³-hybridized carbons (Fsp3) is 0.500. The molecular weight excluding hydrogens is 253 g/mol. The zero-order valence-corrected chi connectivity index (χ0v) is 11.0. The van der Waals surface area contributed by atoms with Crippen molar-refractivity contribution in [1.82, 2.24) is 4.90 Å². The van der Waals surface area contributed by atoms with Crippen LogP contribution in [0.2, 0.25) is 0 Å². The summed E-state index contributed by atoms with van der Waals surface area (Å²) in [7, 11) is 0. The standard InChI is InChI=1S/C14H17ClFNO/c15-9-11-4-3-7-17(10-11)14(18)8-12-5-1-2-6-13(12)16/h1-2,5-6,11H,3-4,7-10H2. The van der Waals surface area contributed by atoms with Crippen molar-refractivity contribution in [2.75, 3.05) is 19.0 Å². The Morgan fingerprint density at radius 2 is 2.22 bits per heavy atom. The van der Waals surface area contributed by atoms with Gasteiger partial charge < -0.3 is 4.90 Å². The van der Waals surface area contributed by atoms with Gasteiger partial charge in [0.05, 0.1) is 6.42 Å². The average molecular weight is 270 g/mol. The molecule has 2 nitrogen and oxygen atoms in total. The summed E-state index contributed by atoms with van der Waals surface area (Å²) in [5.41, 5.74) is 0.468. The van der Waals surface area contributed by atoms with E-state index in [0.29, 0.717) is 23.9 Å². The van der Waals surface area contributed by atoms with Crippen LogP contribution < -0.4 is 0 Å². The fourth-order valence-electron chi connectivity index (χ4n) is 2.33. The number of likely N-dealkylation sites (tertiary alicyclic amines) is 1. The number of alkyl halides is 1. The van der Waals surface area contributed by atoms with Crippen molar-refractivity contribution >= 4 is 17.5 Å². The van der Waals surface area contributed by atoms with Crippen LogP contribution in [0.15, 0.2) is 24.3 Å². The molecule has 1 aromatic carbocycles. The van der Waals surface area contributed by atoms with Crippen molar-refractivity contribution < 1.29 is 9.18 Å². The molecule has 1 unspecified atom stereocenters. The molecule has 1 aromatic rings. The third-order valence-corrected chi connectivity index (χ3v) is 3.83. The second-order valence-corrected chi connectivity index (χ2v) is 5.08. The third-order valence-electron chi connectivity index (χ3n) is 3.39. The molecule has 1 fully saturated rings. The number of benzene rings is 1. The summed E-state index contributed by atoms with van der Waals surface area (Å²) in [4.78, 5) is 13.9. The van der Waals surface area contributed by atoms with Crippen LogP contribution in [0.4, 0.5) is 4.39 Å². The first-order chi connectivity index (χ1) is 8.70. The zero-order valence-electron chi connectivity index (χ0n) is 10.2. The van der Waals surface area contributed by atoms with Gasteiger partial charge in [0.25, 0.3) is 0 Å². The summed E-state index contributed by atoms with van der Waals surface area (Å²) in [6, 6.07) is 6.44. The summed E-state index contributed by atoms with van der Waals surface area (Å²) in [5.74, 6) is 0.653. The Morgan fingerprint density at radius 1 is 1.44 bits per heavy atom. The van der Waals surface area contributed by atoms with E-state index in [1.54, 1.807) is 18.2 Å². The number of rotatable bonds is 3. The van der Waals surface area contributed by atoms with Gasteiger partial charge in [-0.3, -0.25) is 4.79 Å². The highest BCUT2D eigenvalue weighted by Crippen LogP contribution is 2.19. The molecule has 0 bridgehead atoms. The quantitative estimate of drug-likeness (QED) is 0.773. The molecule has 0 spiro atoms. The van der Waals surface area contributed by atoms with Crippen molar-refractivity contribution in [3.63, 3.8) is 0 Å². The van der Waals surface area contributed by atoms with E-state index in [9.17, 15) is 9.18 Å². The molecule has 1 atom stereocenters. The molecule has 4 heteroatoms. The number of carbonyl (C=O) groups excluding carboxylic acids is 1. The summed E-state index contributed by atoms with van der Waals surface area (Å²) < 4.78 is 13.5. The van der Waals surface area contributed by atoms with Crippen LogP contribution in [-0.2, 0) is 11.2 Å². The van der Waals surface area contributed by atoms with Crippen molar-refractivity contribution in [2.45, 2.75) is 19.3 Å². The molecule has 1 aliphatic heterocycles. The van der Waals surface area contributed by atoms with E-state index in [-0.39, 0.29) is 18.1 Å². The summed E-state index contributed by atoms with van der Waals surface area (Å²) in [6.45, 7) is 1.47. The van der Waals surface area contributed by atoms with Crippen LogP contribution in [0.25, 0.3) is 0 Å². The molecule has 0 N–H and O–H groups in total. The van der Waals surface area contributed by atoms with E-state index in [4.69, 9.17) is 11.6 Å². The molecule has 1 saturated heterocycles. The molecule has 2 rings (SSSR count). The number of hydrogen-bond acceptors (Lipinski definition) is 1. The predicted molar refractivity (Wildman–Crippen MR) is 70.1 cm³/mol. The van der Waals surface area contributed by atoms with Gasteiger partial charge >= 0.3 is 0 Å². The summed E-state index contributed by atoms with van der Waals surface area (Å²) in [5, 5.41) is 0. The van der Waals surface area contributed by atoms with E-state index in [2.05, 4.69) is 0 Å². The second-order valence-electron chi connectivity index (χ2n) is 4.77. The first kappa shape index (κ1) is 13.3. The Morgan fingerprint density at radius 3 is 2.94 bits per heavy atom. The Bertz CT molecular complexity index is 424. The number of nitrogens with zero attached hydrogens (tertiary/aromatic N) is 1. The normalized spacial score (nSPS) is 19.9. The molecular formula is C14H17ClFNO. The fourth-order valence-corrected chi connectivity index (χ4v) is 2.59. The van der Waals surface area contributed by atoms with E-state index < -0.39 is 0 Å². The van der Waals surface area contributed by atoms with Crippen LogP contribution in [0.3, 0.4) is 0 Å². The average Bonchev–Trinajstić information content (AvgIpc) is 2.41. The molecule has 0 aliphatic carbocycles. The maximum atomic E-state index is 13.5. The van der Waals surface area contributed by atoms with E-state index in [1.165, 1.54) is 6.07 Å². The zero-order chi connectivity index (χ0) is 13.0. The Hall–Kier alpha value is -1.09. The monoisotopic (exact) mass is 269 g/mol. The number of carbonyl (C=O) groups is 1. The largest absolute Gasteiger partial charge is 0.342 e. The molecule has 1 aliphatic rings. The minimum atomic E-state index is -0.309. The highest BCUT2D eigenvalue weighted by molar-refractivity contribution is 6.18. The van der Waals surface area contributed by atoms with Crippen LogP contribution in [-0.4, -0.2) is 29.8 Å². The predicted octanol–water partition coefficient (Wildman–Crippen LogP) is 2.85. The van der Waals surface area contributed by atoms with Crippen LogP contribution in [0.5, 0.6) is 0 Å². The molecule has 0 saturated carbocycles. The maximum absolute atomic E-state index is 13.5. The highest BCUT2D eigenvalue weighted by Gasteiger charge is 2.23. The van der Waals surface area contributed by atoms with E-state index in [0.717, 1.165) is 19.4 Å². The SMILES string of the molecule is O=C(Cc1ccccc1F)N1CCCC(CCl)C1. The Kier molecular flexibility index (Phi) is 4.59. The molecule has 1 amide bonds. The van der Waals surface area contributed by atoms with Crippen molar-refractivity contribution in [1.29, 1.82) is 0 Å². The Balaban J connectivity index is 1.97. The van der Waals surface area contributed by atoms with Crippen molar-refractivity contribution in [3.8, 4) is 0 Å². The van der Waals surface area contributed by atoms with Crippen molar-refractivity contribution in [3.05, 3.63) is 35.6 Å². The van der Waals surface area contributed by atoms with Crippen LogP contribution >= 0.6 is 11.6 Å². The lowest BCUT2D eigenvalue weighted by molar-refractivity contribution is -0.132. The number of hydrogen-bond donors (Lipinski definition) is 0. The smallest absolute Gasteiger partial charge is 0.227 e. The summed E-state index contributed by atoms with van der Waals surface area (Å²) >= 11 is 5.84. The lowest BCUT2D eigenvalue weighted by Gasteiger charge is -2.32. The van der Waals surface area contributed by atoms with Gasteiger partial charge in [-0.15, -0.1) is 11.6 Å². The van der Waals surface area contributed by atoms with Crippen LogP contribution in [0.1, 0.15) is 18.4 Å². The first-order valence-electron chi connectivity index (χ1n) is 6.28. The third kappa shape index (κ3) is 3.22. The molecule has 1 heterocycles. The van der Waals surface area contributed by atoms with Gasteiger partial charge in [-0.25, -0.2) is 4.39 Å². The molecule has 98 valence electrons. The lowest BCUT2D eigenvalue weighted by Crippen LogP contribution is -2.41. The van der Waals surface area contributed by atoms with Gasteiger partial charge in [0.1, 0.15) is 5.82 Å². The van der Waals surface area contributed by atoms with Gasteiger partial charge in [0.15, 0.2) is 0 Å². The molecule has 0 aromatic heterocycles. The van der Waals surface area contributed by atoms with Crippen molar-refractivity contribution in [2.24, 2.45) is 5.92 Å². The summed E-state index contributed by atoms with van der Waals surface area (Å²) in [6.07, 6.45) is 2.20. The minimum absolute atomic E-state index is 0.00471. The lowest BCUT2D eigenvalue weighted by atomic mass is 9.99. The maximum Gasteiger partial charge on any atom is 0.227 e. The topological polar surface area (TPSA) is 20.3 Å². The van der Waals surface area contributed by atoms with Gasteiger partial charge in [-0.1, -0.05) is 18.2 Å². The highest BCUT2D eigenvalue weighted by atomic mass is 35.5.